The number of nitrogens with zero attached hydrogens (tertiary/aromatic N) is 1. The largest absolute Gasteiger partial charge is 0.466 e. The van der Waals surface area contributed by atoms with Crippen LogP contribution in [-0.2, 0) is 19.4 Å². The second kappa shape index (κ2) is 8.92. The maximum absolute atomic E-state index is 10.7. The highest BCUT2D eigenvalue weighted by Gasteiger charge is 2.44. The molecule has 11 nitrogen and oxygen atoms in total. The maximum atomic E-state index is 10.7. The van der Waals surface area contributed by atoms with Gasteiger partial charge in [0.15, 0.2) is 0 Å². The van der Waals surface area contributed by atoms with Gasteiger partial charge in [-0.05, 0) is 13.3 Å². The fourth-order valence-electron chi connectivity index (χ4n) is 1.93. The van der Waals surface area contributed by atoms with Crippen LogP contribution in [0.15, 0.2) is 5.16 Å². The highest BCUT2D eigenvalue weighted by molar-refractivity contribution is 8.14. The summed E-state index contributed by atoms with van der Waals surface area (Å²) in [5.41, 5.74) is -2.55. The van der Waals surface area contributed by atoms with Crippen LogP contribution in [0.3, 0.4) is 0 Å². The molecule has 1 aliphatic rings. The average molecular weight is 405 g/mol. The quantitative estimate of drug-likeness (QED) is 0.121. The van der Waals surface area contributed by atoms with E-state index in [1.807, 2.05) is 0 Å². The Morgan fingerprint density at radius 1 is 1.28 bits per heavy atom. The molecule has 0 spiro atoms. The topological polar surface area (TPSA) is 186 Å². The zero-order valence-corrected chi connectivity index (χ0v) is 15.2. The zero-order chi connectivity index (χ0) is 19.4. The summed E-state index contributed by atoms with van der Waals surface area (Å²) >= 11 is 0.617. The molecule has 0 aliphatic carbocycles. The van der Waals surface area contributed by atoms with Crippen molar-refractivity contribution in [1.82, 2.24) is 0 Å². The minimum absolute atomic E-state index is 0.159. The number of rotatable bonds is 7. The van der Waals surface area contributed by atoms with E-state index in [4.69, 9.17) is 14.4 Å². The van der Waals surface area contributed by atoms with Gasteiger partial charge in [-0.25, -0.2) is 4.28 Å². The van der Waals surface area contributed by atoms with Crippen LogP contribution in [0, 0.1) is 0 Å². The predicted octanol–water partition coefficient (Wildman–Crippen LogP) is -1.80. The highest BCUT2D eigenvalue weighted by atomic mass is 32.3. The number of hydrogen-bond donors (Lipinski definition) is 6. The summed E-state index contributed by atoms with van der Waals surface area (Å²) in [5.74, 6) is 0. The van der Waals surface area contributed by atoms with Crippen molar-refractivity contribution in [2.75, 3.05) is 6.61 Å². The highest BCUT2D eigenvalue weighted by Crippen LogP contribution is 2.32. The molecule has 1 aliphatic heterocycles. The van der Waals surface area contributed by atoms with E-state index < -0.39 is 52.5 Å². The van der Waals surface area contributed by atoms with Crippen LogP contribution in [0.25, 0.3) is 0 Å². The summed E-state index contributed by atoms with van der Waals surface area (Å²) in [7, 11) is -4.89. The lowest BCUT2D eigenvalue weighted by Crippen LogP contribution is -2.57. The van der Waals surface area contributed by atoms with Crippen LogP contribution in [-0.4, -0.2) is 85.6 Å². The van der Waals surface area contributed by atoms with Crippen molar-refractivity contribution in [2.24, 2.45) is 5.16 Å². The fourth-order valence-corrected chi connectivity index (χ4v) is 3.41. The van der Waals surface area contributed by atoms with Crippen molar-refractivity contribution in [3.63, 3.8) is 0 Å². The second-order valence-corrected chi connectivity index (χ2v) is 8.01. The van der Waals surface area contributed by atoms with Crippen molar-refractivity contribution in [1.29, 1.82) is 0 Å². The third kappa shape index (κ3) is 6.96. The minimum Gasteiger partial charge on any atom is -0.394 e. The van der Waals surface area contributed by atoms with Crippen molar-refractivity contribution in [3.8, 4) is 0 Å². The van der Waals surface area contributed by atoms with E-state index >= 15 is 0 Å². The summed E-state index contributed by atoms with van der Waals surface area (Å²) in [6.45, 7) is 2.48. The predicted molar refractivity (Wildman–Crippen MR) is 87.0 cm³/mol. The van der Waals surface area contributed by atoms with Gasteiger partial charge in [0.05, 0.1) is 12.2 Å². The Labute approximate surface area is 149 Å². The van der Waals surface area contributed by atoms with Crippen molar-refractivity contribution < 1.29 is 47.5 Å². The molecule has 0 aromatic carbocycles. The molecule has 6 N–H and O–H groups in total. The molecule has 0 aromatic rings. The smallest absolute Gasteiger partial charge is 0.394 e. The molecule has 0 bridgehead atoms. The Bertz CT molecular complexity index is 564. The first-order valence-electron chi connectivity index (χ1n) is 7.32. The third-order valence-corrected chi connectivity index (χ3v) is 5.00. The normalized spacial score (nSPS) is 33.8. The van der Waals surface area contributed by atoms with Gasteiger partial charge in [0, 0.05) is 6.42 Å². The van der Waals surface area contributed by atoms with Gasteiger partial charge < -0.3 is 30.3 Å². The van der Waals surface area contributed by atoms with Gasteiger partial charge in [-0.1, -0.05) is 23.8 Å². The molecule has 25 heavy (non-hydrogen) atoms. The molecule has 6 atom stereocenters. The van der Waals surface area contributed by atoms with Gasteiger partial charge in [-0.2, -0.15) is 8.42 Å². The summed E-state index contributed by atoms with van der Waals surface area (Å²) in [5, 5.41) is 51.8. The summed E-state index contributed by atoms with van der Waals surface area (Å²) < 4.78 is 39.2. The third-order valence-electron chi connectivity index (χ3n) is 3.63. The second-order valence-electron chi connectivity index (χ2n) is 5.83. The van der Waals surface area contributed by atoms with Gasteiger partial charge in [0.25, 0.3) is 0 Å². The molecule has 13 heteroatoms. The first-order valence-corrected chi connectivity index (χ1v) is 9.57. The van der Waals surface area contributed by atoms with Crippen LogP contribution in [0.2, 0.25) is 0 Å². The molecular weight excluding hydrogens is 382 g/mol. The van der Waals surface area contributed by atoms with Crippen LogP contribution >= 0.6 is 11.8 Å². The van der Waals surface area contributed by atoms with Crippen LogP contribution < -0.4 is 0 Å². The van der Waals surface area contributed by atoms with Crippen molar-refractivity contribution in [2.45, 2.75) is 62.1 Å². The molecule has 0 saturated carbocycles. The van der Waals surface area contributed by atoms with E-state index in [9.17, 15) is 28.8 Å². The Hall–Kier alpha value is -0.510. The number of hydrogen-bond acceptors (Lipinski definition) is 11. The summed E-state index contributed by atoms with van der Waals surface area (Å²) in [4.78, 5) is 0. The standard InChI is InChI=1S/C12H23NO10S2/c1-3-12(2,18)4-7(13-23-25(19,20)21)24-11-10(17)9(16)8(15)6(5-14)22-11/h6,8-11,14-18H,3-5H2,1-2H3,(H,19,20,21). The molecule has 0 amide bonds. The zero-order valence-electron chi connectivity index (χ0n) is 13.6. The van der Waals surface area contributed by atoms with Crippen LogP contribution in [0.5, 0.6) is 0 Å². The van der Waals surface area contributed by atoms with Crippen LogP contribution in [0.1, 0.15) is 26.7 Å². The summed E-state index contributed by atoms with van der Waals surface area (Å²) in [6.07, 6.45) is -5.87. The van der Waals surface area contributed by atoms with E-state index in [0.29, 0.717) is 11.8 Å². The molecule has 0 aromatic heterocycles. The Morgan fingerprint density at radius 3 is 2.36 bits per heavy atom. The number of oxime groups is 1. The minimum atomic E-state index is -4.89. The molecule has 6 unspecified atom stereocenters. The molecule has 0 radical (unpaired) electrons. The number of aliphatic hydroxyl groups excluding tert-OH is 4. The molecule has 1 rings (SSSR count). The van der Waals surface area contributed by atoms with E-state index in [2.05, 4.69) is 9.44 Å². The van der Waals surface area contributed by atoms with Crippen molar-refractivity contribution in [3.05, 3.63) is 0 Å². The van der Waals surface area contributed by atoms with Gasteiger partial charge in [0.1, 0.15) is 34.9 Å². The SMILES string of the molecule is CCC(C)(O)CC(=NOS(=O)(=O)O)SC1OC(CO)C(O)C(O)C1O. The number of aliphatic hydroxyl groups is 5. The van der Waals surface area contributed by atoms with Gasteiger partial charge in [-0.15, -0.1) is 0 Å². The number of ether oxygens (including phenoxy) is 1. The lowest BCUT2D eigenvalue weighted by atomic mass is 10.0. The molecule has 148 valence electrons. The first-order chi connectivity index (χ1) is 11.4. The lowest BCUT2D eigenvalue weighted by molar-refractivity contribution is -0.205. The number of thioether (sulfide) groups is 1. The lowest BCUT2D eigenvalue weighted by Gasteiger charge is -2.39. The van der Waals surface area contributed by atoms with Gasteiger partial charge in [-0.3, -0.25) is 4.55 Å². The van der Waals surface area contributed by atoms with Gasteiger partial charge >= 0.3 is 10.4 Å². The van der Waals surface area contributed by atoms with E-state index in [-0.39, 0.29) is 17.9 Å². The molecule has 1 saturated heterocycles. The van der Waals surface area contributed by atoms with E-state index in [1.165, 1.54) is 6.92 Å². The Morgan fingerprint density at radius 2 is 1.88 bits per heavy atom. The monoisotopic (exact) mass is 405 g/mol. The average Bonchev–Trinajstić information content (AvgIpc) is 2.52. The first kappa shape index (κ1) is 22.5. The molecule has 1 fully saturated rings. The Kier molecular flexibility index (Phi) is 8.04. The maximum Gasteiger partial charge on any atom is 0.466 e. The Balaban J connectivity index is 2.99. The molecule has 1 heterocycles. The van der Waals surface area contributed by atoms with Crippen LogP contribution in [0.4, 0.5) is 0 Å². The van der Waals surface area contributed by atoms with Gasteiger partial charge in [0.2, 0.25) is 0 Å². The summed E-state index contributed by atoms with van der Waals surface area (Å²) in [6, 6.07) is 0. The van der Waals surface area contributed by atoms with Crippen molar-refractivity contribution >= 4 is 27.2 Å². The van der Waals surface area contributed by atoms with E-state index in [1.54, 1.807) is 6.92 Å². The van der Waals surface area contributed by atoms with E-state index in [0.717, 1.165) is 0 Å². The fraction of sp³-hybridized carbons (Fsp3) is 0.917. The molecular formula is C12H23NO10S2.